The Balaban J connectivity index is 1.86. The molecule has 2 amide bonds. The topological polar surface area (TPSA) is 231 Å². The molecule has 3 aliphatic rings. The van der Waals surface area contributed by atoms with Crippen molar-refractivity contribution < 1.29 is 48.0 Å². The van der Waals surface area contributed by atoms with Gasteiger partial charge in [-0.15, -0.1) is 0 Å². The minimum absolute atomic E-state index is 0.0270. The number of esters is 2. The second-order valence-corrected chi connectivity index (χ2v) is 15.6. The van der Waals surface area contributed by atoms with Gasteiger partial charge in [0, 0.05) is 13.0 Å². The van der Waals surface area contributed by atoms with Crippen molar-refractivity contribution in [2.24, 2.45) is 16.8 Å². The maximum absolute atomic E-state index is 13.7. The fraction of sp³-hybridized carbons (Fsp3) is 0.757. The van der Waals surface area contributed by atoms with Gasteiger partial charge in [0.15, 0.2) is 11.9 Å². The van der Waals surface area contributed by atoms with Crippen LogP contribution in [-0.4, -0.2) is 102 Å². The molecule has 0 aromatic heterocycles. The second-order valence-electron chi connectivity index (χ2n) is 15.6. The van der Waals surface area contributed by atoms with Gasteiger partial charge in [0.1, 0.15) is 48.5 Å². The number of nitrogens with one attached hydrogen (secondary N) is 4. The number of alkyl carbamates (subject to hydrolysis) is 1. The van der Waals surface area contributed by atoms with E-state index in [9.17, 15) is 29.5 Å². The first-order chi connectivity index (χ1) is 24.9. The lowest BCUT2D eigenvalue weighted by molar-refractivity contribution is -0.163. The molecule has 0 aromatic carbocycles. The maximum atomic E-state index is 13.7. The zero-order chi connectivity index (χ0) is 39.6. The molecule has 2 fully saturated rings. The fourth-order valence-corrected chi connectivity index (χ4v) is 6.65. The molecule has 1 aliphatic carbocycles. The van der Waals surface area contributed by atoms with Crippen LogP contribution in [0.5, 0.6) is 0 Å². The lowest BCUT2D eigenvalue weighted by atomic mass is 9.87. The minimum Gasteiger partial charge on any atom is -0.463 e. The van der Waals surface area contributed by atoms with Gasteiger partial charge < -0.3 is 44.7 Å². The quantitative estimate of drug-likeness (QED) is 0.0565. The number of amides is 2. The number of amidine groups is 1. The number of nitriles is 1. The van der Waals surface area contributed by atoms with Crippen LogP contribution in [0.1, 0.15) is 107 Å². The summed E-state index contributed by atoms with van der Waals surface area (Å²) in [6, 6.07) is -0.108. The summed E-state index contributed by atoms with van der Waals surface area (Å²) >= 11 is 0. The predicted molar refractivity (Wildman–Crippen MR) is 194 cm³/mol. The van der Waals surface area contributed by atoms with Crippen molar-refractivity contribution in [1.82, 2.24) is 16.0 Å². The van der Waals surface area contributed by atoms with Crippen molar-refractivity contribution in [3.05, 3.63) is 11.8 Å². The highest BCUT2D eigenvalue weighted by atomic mass is 16.6. The molecule has 0 spiro atoms. The molecule has 16 heteroatoms. The zero-order valence-electron chi connectivity index (χ0n) is 32.3. The third-order valence-corrected chi connectivity index (χ3v) is 9.46. The van der Waals surface area contributed by atoms with Crippen LogP contribution in [0.2, 0.25) is 0 Å². The monoisotopic (exact) mass is 746 g/mol. The number of carbonyl (C=O) groups is 4. The van der Waals surface area contributed by atoms with Gasteiger partial charge in [0.25, 0.3) is 5.91 Å². The van der Waals surface area contributed by atoms with E-state index in [0.717, 1.165) is 44.9 Å². The lowest BCUT2D eigenvalue weighted by Gasteiger charge is -2.32. The molecule has 6 atom stereocenters. The van der Waals surface area contributed by atoms with Crippen LogP contribution in [-0.2, 0) is 38.1 Å². The maximum Gasteiger partial charge on any atom is 0.408 e. The summed E-state index contributed by atoms with van der Waals surface area (Å²) in [5.41, 5.74) is -3.87. The van der Waals surface area contributed by atoms with Crippen LogP contribution in [0.25, 0.3) is 0 Å². The highest BCUT2D eigenvalue weighted by Crippen LogP contribution is 2.39. The summed E-state index contributed by atoms with van der Waals surface area (Å²) in [6.45, 7) is 13.2. The number of aliphatic hydroxyl groups is 1. The molecule has 53 heavy (non-hydrogen) atoms. The van der Waals surface area contributed by atoms with Crippen molar-refractivity contribution in [2.45, 2.75) is 154 Å². The average molecular weight is 747 g/mol. The Morgan fingerprint density at radius 2 is 1.83 bits per heavy atom. The van der Waals surface area contributed by atoms with Gasteiger partial charge in [-0.05, 0) is 72.6 Å². The molecule has 5 N–H and O–H groups in total. The van der Waals surface area contributed by atoms with E-state index in [2.05, 4.69) is 27.0 Å². The molecule has 0 radical (unpaired) electrons. The van der Waals surface area contributed by atoms with Crippen molar-refractivity contribution in [1.29, 1.82) is 10.7 Å². The highest BCUT2D eigenvalue weighted by molar-refractivity contribution is 6.11. The van der Waals surface area contributed by atoms with E-state index in [1.54, 1.807) is 61.5 Å². The fourth-order valence-electron chi connectivity index (χ4n) is 6.65. The van der Waals surface area contributed by atoms with Crippen molar-refractivity contribution >= 4 is 36.1 Å². The van der Waals surface area contributed by atoms with E-state index in [4.69, 9.17) is 29.1 Å². The van der Waals surface area contributed by atoms with Gasteiger partial charge in [-0.2, -0.15) is 5.26 Å². The average Bonchev–Trinajstić information content (AvgIpc) is 3.56. The molecule has 2 aliphatic heterocycles. The zero-order valence-corrected chi connectivity index (χ0v) is 32.3. The summed E-state index contributed by atoms with van der Waals surface area (Å²) in [5.74, 6) is -2.23. The predicted octanol–water partition coefficient (Wildman–Crippen LogP) is 3.56. The van der Waals surface area contributed by atoms with E-state index < -0.39 is 83.7 Å². The summed E-state index contributed by atoms with van der Waals surface area (Å²) in [5, 5.41) is 38.3. The first-order valence-corrected chi connectivity index (χ1v) is 18.5. The first kappa shape index (κ1) is 43.3. The standard InChI is InChI=1S/C37H58N6O10/c1-9-50-36(7,8)33(47)43-31(40-21-39)24-16-17-26(41-24)37(20-38)30(45)29(51-32(46)28(22(2)3)42-34(48)53-35(4,5)6)25(52-37)19-49-27(44)18-23-14-12-10-11-13-15-23/h16,21-23,25-26,28-30,41,45H,9-15,17-19H2,1-8H3,(H,42,48)(H2,39,40,43,47)/t25-,26?,28+,29-,30-,37+/m1/s1. The third kappa shape index (κ3) is 11.7. The third-order valence-electron chi connectivity index (χ3n) is 9.46. The molecular formula is C37H58N6O10. The van der Waals surface area contributed by atoms with E-state index in [1.807, 2.05) is 0 Å². The second kappa shape index (κ2) is 18.8. The summed E-state index contributed by atoms with van der Waals surface area (Å²) in [4.78, 5) is 56.3. The van der Waals surface area contributed by atoms with E-state index in [0.29, 0.717) is 0 Å². The largest absolute Gasteiger partial charge is 0.463 e. The molecular weight excluding hydrogens is 688 g/mol. The van der Waals surface area contributed by atoms with Crippen LogP contribution in [0.15, 0.2) is 16.8 Å². The number of hydrogen-bond donors (Lipinski definition) is 5. The van der Waals surface area contributed by atoms with Gasteiger partial charge in [-0.25, -0.2) is 14.6 Å². The Morgan fingerprint density at radius 1 is 1.17 bits per heavy atom. The minimum atomic E-state index is -2.06. The molecule has 0 bridgehead atoms. The van der Waals surface area contributed by atoms with Gasteiger partial charge in [-0.3, -0.25) is 15.0 Å². The molecule has 1 unspecified atom stereocenters. The highest BCUT2D eigenvalue weighted by Gasteiger charge is 2.62. The SMILES string of the molecule is CCOC(C)(C)C(=O)N/C(=N/C=N)C1=CCC([C@]2(C#N)O[C@H](COC(=O)CC3CCCCCC3)[C@@H](OC(=O)[C@@H](NC(=O)OC(C)(C)C)C(C)C)[C@H]2O)N1. The summed E-state index contributed by atoms with van der Waals surface area (Å²) < 4.78 is 28.6. The van der Waals surface area contributed by atoms with Crippen molar-refractivity contribution in [3.63, 3.8) is 0 Å². The normalized spacial score (nSPS) is 26.0. The number of rotatable bonds is 14. The molecule has 1 saturated heterocycles. The van der Waals surface area contributed by atoms with Crippen LogP contribution < -0.4 is 16.0 Å². The molecule has 1 saturated carbocycles. The van der Waals surface area contributed by atoms with Crippen LogP contribution >= 0.6 is 0 Å². The van der Waals surface area contributed by atoms with Gasteiger partial charge in [-0.1, -0.05) is 45.6 Å². The van der Waals surface area contributed by atoms with Gasteiger partial charge in [0.05, 0.1) is 11.7 Å². The van der Waals surface area contributed by atoms with Crippen molar-refractivity contribution in [2.75, 3.05) is 13.2 Å². The molecule has 2 heterocycles. The van der Waals surface area contributed by atoms with E-state index in [1.165, 1.54) is 0 Å². The Bertz CT molecular complexity index is 1430. The summed E-state index contributed by atoms with van der Waals surface area (Å²) in [7, 11) is 0. The van der Waals surface area contributed by atoms with Crippen LogP contribution in [0, 0.1) is 28.6 Å². The van der Waals surface area contributed by atoms with Gasteiger partial charge >= 0.3 is 18.0 Å². The van der Waals surface area contributed by atoms with Crippen LogP contribution in [0.4, 0.5) is 4.79 Å². The Morgan fingerprint density at radius 3 is 2.40 bits per heavy atom. The molecule has 3 rings (SSSR count). The number of nitrogens with zero attached hydrogens (tertiary/aromatic N) is 2. The lowest BCUT2D eigenvalue weighted by Crippen LogP contribution is -2.57. The summed E-state index contributed by atoms with van der Waals surface area (Å²) in [6.07, 6.45) is 3.44. The number of hydrogen-bond acceptors (Lipinski definition) is 13. The molecule has 16 nitrogen and oxygen atoms in total. The number of ether oxygens (including phenoxy) is 5. The van der Waals surface area contributed by atoms with E-state index >= 15 is 0 Å². The van der Waals surface area contributed by atoms with E-state index in [-0.39, 0.29) is 36.9 Å². The van der Waals surface area contributed by atoms with Crippen molar-refractivity contribution in [3.8, 4) is 6.07 Å². The number of carbonyl (C=O) groups excluding carboxylic acids is 4. The number of aliphatic imine (C=N–C) groups is 1. The van der Waals surface area contributed by atoms with Gasteiger partial charge in [0.2, 0.25) is 5.60 Å². The molecule has 0 aromatic rings. The number of aliphatic hydroxyl groups excluding tert-OH is 1. The first-order valence-electron chi connectivity index (χ1n) is 18.5. The van der Waals surface area contributed by atoms with Crippen LogP contribution in [0.3, 0.4) is 0 Å². The molecule has 296 valence electrons. The Labute approximate surface area is 312 Å². The smallest absolute Gasteiger partial charge is 0.408 e. The Kier molecular flexibility index (Phi) is 15.4. The Hall–Kier alpha value is -4.07.